The maximum absolute atomic E-state index is 9.93. The number of aromatic hydroxyl groups is 1. The van der Waals surface area contributed by atoms with Crippen LogP contribution in [-0.4, -0.2) is 42.8 Å². The lowest BCUT2D eigenvalue weighted by Gasteiger charge is -2.36. The number of nitrogens with zero attached hydrogens (tertiary/aromatic N) is 1. The zero-order chi connectivity index (χ0) is 15.9. The third-order valence-corrected chi connectivity index (χ3v) is 4.28. The third kappa shape index (κ3) is 6.67. The fourth-order valence-electron chi connectivity index (χ4n) is 3.05. The number of rotatable bonds is 7. The summed E-state index contributed by atoms with van der Waals surface area (Å²) < 4.78 is 5.56. The van der Waals surface area contributed by atoms with Gasteiger partial charge in [-0.25, -0.2) is 0 Å². The van der Waals surface area contributed by atoms with E-state index in [2.05, 4.69) is 24.1 Å². The van der Waals surface area contributed by atoms with Crippen LogP contribution < -0.4 is 10.1 Å². The maximum atomic E-state index is 9.93. The van der Waals surface area contributed by atoms with Crippen LogP contribution in [0.5, 0.6) is 11.5 Å². The number of piperazine rings is 1. The van der Waals surface area contributed by atoms with Gasteiger partial charge in [0.15, 0.2) is 11.5 Å². The lowest BCUT2D eigenvalue weighted by Crippen LogP contribution is -2.45. The lowest BCUT2D eigenvalue weighted by molar-refractivity contribution is 0.159. The van der Waals surface area contributed by atoms with Gasteiger partial charge in [-0.05, 0) is 43.4 Å². The summed E-state index contributed by atoms with van der Waals surface area (Å²) in [5.41, 5.74) is 1.25. The Morgan fingerprint density at radius 3 is 2.42 bits per heavy atom. The first-order valence-electron chi connectivity index (χ1n) is 8.52. The monoisotopic (exact) mass is 378 g/mol. The Bertz CT molecular complexity index is 466. The molecule has 0 aromatic heterocycles. The van der Waals surface area contributed by atoms with E-state index in [1.807, 2.05) is 19.1 Å². The highest BCUT2D eigenvalue weighted by molar-refractivity contribution is 5.85. The quantitative estimate of drug-likeness (QED) is 0.751. The summed E-state index contributed by atoms with van der Waals surface area (Å²) in [6.07, 6.45) is 2.35. The number of hydrogen-bond acceptors (Lipinski definition) is 4. The van der Waals surface area contributed by atoms with E-state index in [-0.39, 0.29) is 30.6 Å². The molecule has 24 heavy (non-hydrogen) atoms. The van der Waals surface area contributed by atoms with Crippen LogP contribution in [0.1, 0.15) is 45.2 Å². The average Bonchev–Trinajstić information content (AvgIpc) is 2.51. The summed E-state index contributed by atoms with van der Waals surface area (Å²) in [6.45, 7) is 11.3. The molecule has 0 spiro atoms. The van der Waals surface area contributed by atoms with Crippen LogP contribution in [0.2, 0.25) is 0 Å². The predicted octanol–water partition coefficient (Wildman–Crippen LogP) is 4.02. The standard InChI is InChI=1S/C18H30N2O2.2ClH/c1-4-22-18-13-15(6-8-17(18)21)16(7-5-14(2)3)20-11-9-19-10-12-20;;/h6,8,13-14,16,19,21H,4-5,7,9-12H2,1-3H3;2*1H/t16-;;/m0../s1. The van der Waals surface area contributed by atoms with Crippen LogP contribution in [0.4, 0.5) is 0 Å². The molecule has 4 nitrogen and oxygen atoms in total. The number of benzene rings is 1. The molecule has 6 heteroatoms. The van der Waals surface area contributed by atoms with Crippen molar-refractivity contribution in [1.82, 2.24) is 10.2 Å². The molecular formula is C18H32Cl2N2O2. The molecule has 1 fully saturated rings. The molecule has 140 valence electrons. The molecule has 0 saturated carbocycles. The normalized spacial score (nSPS) is 16.2. The first-order chi connectivity index (χ1) is 10.6. The molecule has 0 bridgehead atoms. The van der Waals surface area contributed by atoms with Crippen molar-refractivity contribution in [3.05, 3.63) is 23.8 Å². The summed E-state index contributed by atoms with van der Waals surface area (Å²) in [6, 6.07) is 6.24. The van der Waals surface area contributed by atoms with Crippen LogP contribution in [0.15, 0.2) is 18.2 Å². The Labute approximate surface area is 158 Å². The van der Waals surface area contributed by atoms with E-state index in [0.717, 1.165) is 32.6 Å². The zero-order valence-electron chi connectivity index (χ0n) is 15.0. The molecule has 2 rings (SSSR count). The lowest BCUT2D eigenvalue weighted by atomic mass is 9.95. The van der Waals surface area contributed by atoms with E-state index in [9.17, 15) is 5.11 Å². The van der Waals surface area contributed by atoms with Crippen LogP contribution in [0.25, 0.3) is 0 Å². The first kappa shape index (κ1) is 23.3. The summed E-state index contributed by atoms with van der Waals surface area (Å²) >= 11 is 0. The molecule has 1 aromatic carbocycles. The number of phenols is 1. The minimum absolute atomic E-state index is 0. The van der Waals surface area contributed by atoms with Crippen LogP contribution in [0.3, 0.4) is 0 Å². The molecule has 1 atom stereocenters. The fourth-order valence-corrected chi connectivity index (χ4v) is 3.05. The Morgan fingerprint density at radius 2 is 1.83 bits per heavy atom. The molecule has 2 N–H and O–H groups in total. The van der Waals surface area contributed by atoms with Crippen molar-refractivity contribution in [2.24, 2.45) is 5.92 Å². The number of halogens is 2. The summed E-state index contributed by atoms with van der Waals surface area (Å²) in [4.78, 5) is 2.56. The molecule has 1 aromatic rings. The molecule has 0 aliphatic carbocycles. The van der Waals surface area contributed by atoms with E-state index in [4.69, 9.17) is 4.74 Å². The molecule has 1 aliphatic heterocycles. The predicted molar refractivity (Wildman–Crippen MR) is 105 cm³/mol. The van der Waals surface area contributed by atoms with E-state index >= 15 is 0 Å². The van der Waals surface area contributed by atoms with Gasteiger partial charge in [-0.3, -0.25) is 4.90 Å². The van der Waals surface area contributed by atoms with E-state index in [0.29, 0.717) is 24.3 Å². The van der Waals surface area contributed by atoms with Crippen molar-refractivity contribution in [3.8, 4) is 11.5 Å². The highest BCUT2D eigenvalue weighted by Crippen LogP contribution is 2.34. The van der Waals surface area contributed by atoms with Crippen LogP contribution >= 0.6 is 24.8 Å². The minimum Gasteiger partial charge on any atom is -0.504 e. The Morgan fingerprint density at radius 1 is 1.17 bits per heavy atom. The van der Waals surface area contributed by atoms with Gasteiger partial charge in [0.05, 0.1) is 6.61 Å². The highest BCUT2D eigenvalue weighted by Gasteiger charge is 2.23. The average molecular weight is 379 g/mol. The third-order valence-electron chi connectivity index (χ3n) is 4.28. The minimum atomic E-state index is 0. The van der Waals surface area contributed by atoms with Gasteiger partial charge in [0.25, 0.3) is 0 Å². The van der Waals surface area contributed by atoms with Crippen molar-refractivity contribution in [2.45, 2.75) is 39.7 Å². The molecule has 0 amide bonds. The molecule has 1 saturated heterocycles. The van der Waals surface area contributed by atoms with Gasteiger partial charge >= 0.3 is 0 Å². The fraction of sp³-hybridized carbons (Fsp3) is 0.667. The summed E-state index contributed by atoms with van der Waals surface area (Å²) in [5.74, 6) is 1.53. The topological polar surface area (TPSA) is 44.7 Å². The van der Waals surface area contributed by atoms with Gasteiger partial charge in [-0.15, -0.1) is 24.8 Å². The zero-order valence-corrected chi connectivity index (χ0v) is 16.6. The smallest absolute Gasteiger partial charge is 0.161 e. The number of phenolic OH excluding ortho intramolecular Hbond substituents is 1. The van der Waals surface area contributed by atoms with Crippen molar-refractivity contribution in [1.29, 1.82) is 0 Å². The molecule has 0 radical (unpaired) electrons. The van der Waals surface area contributed by atoms with Crippen LogP contribution in [0, 0.1) is 5.92 Å². The molecule has 0 unspecified atom stereocenters. The Balaban J connectivity index is 0.00000264. The number of hydrogen-bond donors (Lipinski definition) is 2. The first-order valence-corrected chi connectivity index (χ1v) is 8.52. The van der Waals surface area contributed by atoms with E-state index in [1.165, 1.54) is 12.0 Å². The highest BCUT2D eigenvalue weighted by atomic mass is 35.5. The number of nitrogens with one attached hydrogen (secondary N) is 1. The van der Waals surface area contributed by atoms with Gasteiger partial charge in [0, 0.05) is 32.2 Å². The molecular weight excluding hydrogens is 347 g/mol. The van der Waals surface area contributed by atoms with Gasteiger partial charge in [-0.1, -0.05) is 19.9 Å². The Kier molecular flexibility index (Phi) is 11.5. The molecule has 1 heterocycles. The van der Waals surface area contributed by atoms with Crippen molar-refractivity contribution in [3.63, 3.8) is 0 Å². The second-order valence-corrected chi connectivity index (χ2v) is 6.43. The largest absolute Gasteiger partial charge is 0.504 e. The van der Waals surface area contributed by atoms with Gasteiger partial charge in [0.2, 0.25) is 0 Å². The summed E-state index contributed by atoms with van der Waals surface area (Å²) in [7, 11) is 0. The Hall–Kier alpha value is -0.680. The summed E-state index contributed by atoms with van der Waals surface area (Å²) in [5, 5.41) is 13.3. The van der Waals surface area contributed by atoms with E-state index in [1.54, 1.807) is 6.07 Å². The number of ether oxygens (including phenoxy) is 1. The van der Waals surface area contributed by atoms with Crippen molar-refractivity contribution >= 4 is 24.8 Å². The maximum Gasteiger partial charge on any atom is 0.161 e. The van der Waals surface area contributed by atoms with Crippen LogP contribution in [-0.2, 0) is 0 Å². The second-order valence-electron chi connectivity index (χ2n) is 6.43. The van der Waals surface area contributed by atoms with Gasteiger partial charge < -0.3 is 15.2 Å². The van der Waals surface area contributed by atoms with E-state index < -0.39 is 0 Å². The van der Waals surface area contributed by atoms with Gasteiger partial charge in [-0.2, -0.15) is 0 Å². The second kappa shape index (κ2) is 11.8. The van der Waals surface area contributed by atoms with Crippen molar-refractivity contribution in [2.75, 3.05) is 32.8 Å². The van der Waals surface area contributed by atoms with Crippen molar-refractivity contribution < 1.29 is 9.84 Å². The molecule has 1 aliphatic rings. The van der Waals surface area contributed by atoms with Gasteiger partial charge in [0.1, 0.15) is 0 Å². The SMILES string of the molecule is CCOc1cc([C@H](CCC(C)C)N2CCNCC2)ccc1O.Cl.Cl.